The summed E-state index contributed by atoms with van der Waals surface area (Å²) in [6, 6.07) is 10.4. The van der Waals surface area contributed by atoms with Gasteiger partial charge in [-0.2, -0.15) is 0 Å². The molecular weight excluding hydrogens is 390 g/mol. The third-order valence-electron chi connectivity index (χ3n) is 6.75. The number of rotatable bonds is 4. The molecule has 5 nitrogen and oxygen atoms in total. The molecule has 1 aliphatic heterocycles. The predicted molar refractivity (Wildman–Crippen MR) is 125 cm³/mol. The molecule has 1 heterocycles. The standard InChI is InChI=1S/C26H31NO4/c1-14-10-18-17(8-9-21(29-5)26(18)20(28)11-14)25-19-12-15(2)27(4)16(3)24(19)22(30-6)13-23(25)31-7/h8-11,13,15-16,28H,12H2,1-7H3. The third kappa shape index (κ3) is 3.28. The Morgan fingerprint density at radius 3 is 2.26 bits per heavy atom. The highest BCUT2D eigenvalue weighted by atomic mass is 16.5. The largest absolute Gasteiger partial charge is 0.507 e. The molecule has 4 rings (SSSR count). The molecule has 0 amide bonds. The van der Waals surface area contributed by atoms with Gasteiger partial charge in [0.05, 0.1) is 26.7 Å². The summed E-state index contributed by atoms with van der Waals surface area (Å²) in [5.41, 5.74) is 5.50. The number of phenolic OH excluding ortho intramolecular Hbond substituents is 1. The number of nitrogens with zero attached hydrogens (tertiary/aromatic N) is 1. The van der Waals surface area contributed by atoms with Crippen molar-refractivity contribution in [2.24, 2.45) is 0 Å². The minimum Gasteiger partial charge on any atom is -0.507 e. The molecule has 31 heavy (non-hydrogen) atoms. The normalized spacial score (nSPS) is 18.7. The van der Waals surface area contributed by atoms with E-state index in [4.69, 9.17) is 14.2 Å². The molecule has 0 aliphatic carbocycles. The number of aromatic hydroxyl groups is 1. The minimum atomic E-state index is 0.206. The Hall–Kier alpha value is -2.92. The Balaban J connectivity index is 2.14. The van der Waals surface area contributed by atoms with Crippen molar-refractivity contribution in [2.75, 3.05) is 28.4 Å². The van der Waals surface area contributed by atoms with Gasteiger partial charge in [-0.25, -0.2) is 0 Å². The lowest BCUT2D eigenvalue weighted by Crippen LogP contribution is -2.38. The van der Waals surface area contributed by atoms with Gasteiger partial charge in [0.1, 0.15) is 23.0 Å². The number of hydrogen-bond donors (Lipinski definition) is 1. The molecule has 0 saturated carbocycles. The van der Waals surface area contributed by atoms with E-state index in [2.05, 4.69) is 37.9 Å². The van der Waals surface area contributed by atoms with Crippen LogP contribution in [0.25, 0.3) is 21.9 Å². The Bertz CT molecular complexity index is 1150. The zero-order valence-corrected chi connectivity index (χ0v) is 19.4. The summed E-state index contributed by atoms with van der Waals surface area (Å²) in [5, 5.41) is 12.4. The topological polar surface area (TPSA) is 51.2 Å². The molecule has 1 aliphatic rings. The molecule has 0 aromatic heterocycles. The zero-order valence-electron chi connectivity index (χ0n) is 19.4. The number of likely N-dealkylation sites (N-methyl/N-ethyl adjacent to an activating group) is 1. The molecule has 5 heteroatoms. The first-order valence-corrected chi connectivity index (χ1v) is 10.6. The van der Waals surface area contributed by atoms with Gasteiger partial charge >= 0.3 is 0 Å². The molecule has 164 valence electrons. The van der Waals surface area contributed by atoms with Crippen LogP contribution in [0.1, 0.15) is 36.6 Å². The van der Waals surface area contributed by atoms with E-state index in [1.54, 1.807) is 27.4 Å². The molecule has 0 radical (unpaired) electrons. The van der Waals surface area contributed by atoms with Gasteiger partial charge in [0.2, 0.25) is 0 Å². The summed E-state index contributed by atoms with van der Waals surface area (Å²) in [4.78, 5) is 2.38. The maximum atomic E-state index is 10.8. The van der Waals surface area contributed by atoms with Gasteiger partial charge in [-0.1, -0.05) is 6.07 Å². The summed E-state index contributed by atoms with van der Waals surface area (Å²) in [6.45, 7) is 6.45. The van der Waals surface area contributed by atoms with E-state index in [-0.39, 0.29) is 11.8 Å². The molecule has 0 saturated heterocycles. The fourth-order valence-corrected chi connectivity index (χ4v) is 4.98. The maximum Gasteiger partial charge on any atom is 0.130 e. The van der Waals surface area contributed by atoms with Crippen LogP contribution >= 0.6 is 0 Å². The van der Waals surface area contributed by atoms with Crippen LogP contribution in [0, 0.1) is 6.92 Å². The van der Waals surface area contributed by atoms with Gasteiger partial charge in [-0.3, -0.25) is 4.90 Å². The van der Waals surface area contributed by atoms with E-state index in [0.29, 0.717) is 17.2 Å². The van der Waals surface area contributed by atoms with E-state index in [9.17, 15) is 5.11 Å². The van der Waals surface area contributed by atoms with Gasteiger partial charge < -0.3 is 19.3 Å². The van der Waals surface area contributed by atoms with Crippen LogP contribution < -0.4 is 14.2 Å². The van der Waals surface area contributed by atoms with Crippen LogP contribution in [0.2, 0.25) is 0 Å². The van der Waals surface area contributed by atoms with Crippen molar-refractivity contribution in [1.82, 2.24) is 4.90 Å². The van der Waals surface area contributed by atoms with Crippen molar-refractivity contribution in [3.63, 3.8) is 0 Å². The van der Waals surface area contributed by atoms with Crippen molar-refractivity contribution in [1.29, 1.82) is 0 Å². The molecule has 3 aromatic carbocycles. The van der Waals surface area contributed by atoms with E-state index >= 15 is 0 Å². The molecule has 0 bridgehead atoms. The molecule has 1 N–H and O–H groups in total. The Morgan fingerprint density at radius 1 is 0.935 bits per heavy atom. The second kappa shape index (κ2) is 7.97. The van der Waals surface area contributed by atoms with Crippen LogP contribution in [0.3, 0.4) is 0 Å². The summed E-state index contributed by atoms with van der Waals surface area (Å²) >= 11 is 0. The zero-order chi connectivity index (χ0) is 22.4. The number of benzene rings is 3. The smallest absolute Gasteiger partial charge is 0.130 e. The Morgan fingerprint density at radius 2 is 1.61 bits per heavy atom. The lowest BCUT2D eigenvalue weighted by atomic mass is 9.82. The first-order valence-electron chi connectivity index (χ1n) is 10.6. The number of fused-ring (bicyclic) bond motifs is 2. The second-order valence-corrected chi connectivity index (χ2v) is 8.46. The van der Waals surface area contributed by atoms with Crippen molar-refractivity contribution >= 4 is 10.8 Å². The lowest BCUT2D eigenvalue weighted by molar-refractivity contribution is 0.175. The monoisotopic (exact) mass is 421 g/mol. The highest BCUT2D eigenvalue weighted by Crippen LogP contribution is 2.50. The molecule has 0 fully saturated rings. The quantitative estimate of drug-likeness (QED) is 0.604. The first-order chi connectivity index (χ1) is 14.8. The third-order valence-corrected chi connectivity index (χ3v) is 6.75. The fraction of sp³-hybridized carbons (Fsp3) is 0.385. The van der Waals surface area contributed by atoms with Crippen molar-refractivity contribution in [3.05, 3.63) is 47.0 Å². The van der Waals surface area contributed by atoms with E-state index < -0.39 is 0 Å². The van der Waals surface area contributed by atoms with E-state index in [1.807, 2.05) is 19.1 Å². The SMILES string of the molecule is COc1cc(OC)c2c(c1-c1ccc(OC)c3c(O)cc(C)cc13)CC(C)N(C)C2C. The summed E-state index contributed by atoms with van der Waals surface area (Å²) in [6.07, 6.45) is 0.879. The Kier molecular flexibility index (Phi) is 5.48. The number of phenols is 1. The Labute approximate surface area is 184 Å². The van der Waals surface area contributed by atoms with E-state index in [1.165, 1.54) is 11.1 Å². The van der Waals surface area contributed by atoms with Crippen LogP contribution in [0.5, 0.6) is 23.0 Å². The second-order valence-electron chi connectivity index (χ2n) is 8.46. The fourth-order valence-electron chi connectivity index (χ4n) is 4.98. The van der Waals surface area contributed by atoms with Gasteiger partial charge in [-0.15, -0.1) is 0 Å². The van der Waals surface area contributed by atoms with Crippen LogP contribution in [0.15, 0.2) is 30.3 Å². The van der Waals surface area contributed by atoms with Crippen molar-refractivity contribution < 1.29 is 19.3 Å². The number of ether oxygens (including phenoxy) is 3. The highest BCUT2D eigenvalue weighted by molar-refractivity contribution is 6.05. The predicted octanol–water partition coefficient (Wildman–Crippen LogP) is 5.48. The van der Waals surface area contributed by atoms with Crippen LogP contribution in [-0.2, 0) is 6.42 Å². The lowest BCUT2D eigenvalue weighted by Gasteiger charge is -2.39. The molecule has 3 aromatic rings. The highest BCUT2D eigenvalue weighted by Gasteiger charge is 2.33. The summed E-state index contributed by atoms with van der Waals surface area (Å²) in [7, 11) is 7.19. The molecule has 2 atom stereocenters. The maximum absolute atomic E-state index is 10.8. The number of methoxy groups -OCH3 is 3. The van der Waals surface area contributed by atoms with Gasteiger partial charge in [0.25, 0.3) is 0 Å². The number of aryl methyl sites for hydroxylation is 1. The first kappa shape index (κ1) is 21.3. The summed E-state index contributed by atoms with van der Waals surface area (Å²) < 4.78 is 17.3. The average Bonchev–Trinajstić information content (AvgIpc) is 2.75. The summed E-state index contributed by atoms with van der Waals surface area (Å²) in [5.74, 6) is 2.49. The van der Waals surface area contributed by atoms with Gasteiger partial charge in [0, 0.05) is 29.3 Å². The molecule has 0 spiro atoms. The van der Waals surface area contributed by atoms with Gasteiger partial charge in [-0.05, 0) is 74.5 Å². The average molecular weight is 422 g/mol. The molecule has 2 unspecified atom stereocenters. The van der Waals surface area contributed by atoms with Crippen LogP contribution in [-0.4, -0.2) is 44.4 Å². The van der Waals surface area contributed by atoms with Crippen LogP contribution in [0.4, 0.5) is 0 Å². The van der Waals surface area contributed by atoms with Crippen molar-refractivity contribution in [2.45, 2.75) is 39.3 Å². The minimum absolute atomic E-state index is 0.206. The molecular formula is C26H31NO4. The van der Waals surface area contributed by atoms with Crippen molar-refractivity contribution in [3.8, 4) is 34.1 Å². The number of hydrogen-bond acceptors (Lipinski definition) is 5. The van der Waals surface area contributed by atoms with E-state index in [0.717, 1.165) is 40.0 Å². The van der Waals surface area contributed by atoms with Gasteiger partial charge in [0.15, 0.2) is 0 Å².